The molecule has 31 heavy (non-hydrogen) atoms. The van der Waals surface area contributed by atoms with Crippen molar-refractivity contribution in [3.05, 3.63) is 66.5 Å². The Hall–Kier alpha value is -3.03. The van der Waals surface area contributed by atoms with E-state index in [9.17, 15) is 4.79 Å². The van der Waals surface area contributed by atoms with Crippen molar-refractivity contribution < 1.29 is 9.53 Å². The van der Waals surface area contributed by atoms with Crippen molar-refractivity contribution in [3.8, 4) is 17.1 Å². The molecule has 0 saturated carbocycles. The number of para-hydroxylation sites is 1. The van der Waals surface area contributed by atoms with E-state index in [1.807, 2.05) is 60.7 Å². The third-order valence-electron chi connectivity index (χ3n) is 5.18. The van der Waals surface area contributed by atoms with Crippen LogP contribution in [-0.2, 0) is 4.74 Å². The molecule has 1 fully saturated rings. The van der Waals surface area contributed by atoms with Gasteiger partial charge in [0.25, 0.3) is 5.91 Å². The summed E-state index contributed by atoms with van der Waals surface area (Å²) in [5.41, 5.74) is 1.76. The molecule has 1 saturated heterocycles. The van der Waals surface area contributed by atoms with Gasteiger partial charge in [-0.15, -0.1) is 5.10 Å². The fourth-order valence-corrected chi connectivity index (χ4v) is 3.80. The van der Waals surface area contributed by atoms with E-state index in [1.54, 1.807) is 4.68 Å². The van der Waals surface area contributed by atoms with Crippen LogP contribution in [0, 0.1) is 5.92 Å². The number of rotatable bonds is 7. The molecule has 4 rings (SSSR count). The average Bonchev–Trinajstić information content (AvgIpc) is 3.24. The van der Waals surface area contributed by atoms with Crippen LogP contribution in [-0.4, -0.2) is 64.5 Å². The monoisotopic (exact) mass is 419 g/mol. The van der Waals surface area contributed by atoms with E-state index in [-0.39, 0.29) is 17.8 Å². The van der Waals surface area contributed by atoms with Crippen LogP contribution in [0.5, 0.6) is 0 Å². The number of benzene rings is 2. The van der Waals surface area contributed by atoms with E-state index in [0.29, 0.717) is 24.9 Å². The van der Waals surface area contributed by atoms with Gasteiger partial charge in [0.2, 0.25) is 5.82 Å². The lowest BCUT2D eigenvalue weighted by Gasteiger charge is -2.33. The Labute approximate surface area is 183 Å². The molecule has 7 nitrogen and oxygen atoms in total. The first-order valence-corrected chi connectivity index (χ1v) is 10.8. The molecule has 2 heterocycles. The zero-order valence-electron chi connectivity index (χ0n) is 18.1. The summed E-state index contributed by atoms with van der Waals surface area (Å²) < 4.78 is 7.56. The number of hydrogen-bond acceptors (Lipinski definition) is 5. The number of hydrogen-bond donors (Lipinski definition) is 1. The van der Waals surface area contributed by atoms with Crippen LogP contribution in [0.15, 0.2) is 60.7 Å². The molecular formula is C24H29N5O2. The highest BCUT2D eigenvalue weighted by Crippen LogP contribution is 2.21. The zero-order chi connectivity index (χ0) is 21.6. The van der Waals surface area contributed by atoms with E-state index < -0.39 is 0 Å². The number of amides is 1. The first-order valence-electron chi connectivity index (χ1n) is 10.8. The number of carbonyl (C=O) groups excluding carboxylic acids is 1. The molecule has 162 valence electrons. The molecular weight excluding hydrogens is 390 g/mol. The molecule has 0 radical (unpaired) electrons. The summed E-state index contributed by atoms with van der Waals surface area (Å²) in [6, 6.07) is 19.5. The second-order valence-electron chi connectivity index (χ2n) is 8.23. The Bertz CT molecular complexity index is 931. The average molecular weight is 420 g/mol. The molecule has 2 aromatic carbocycles. The Balaban J connectivity index is 1.49. The molecule has 1 unspecified atom stereocenters. The Kier molecular flexibility index (Phi) is 6.74. The Morgan fingerprint density at radius 1 is 1.13 bits per heavy atom. The van der Waals surface area contributed by atoms with E-state index in [2.05, 4.69) is 34.1 Å². The van der Waals surface area contributed by atoms with Crippen molar-refractivity contribution in [3.63, 3.8) is 0 Å². The minimum Gasteiger partial charge on any atom is -0.374 e. The summed E-state index contributed by atoms with van der Waals surface area (Å²) in [4.78, 5) is 19.8. The number of nitrogens with one attached hydrogen (secondary N) is 1. The minimum atomic E-state index is -0.295. The van der Waals surface area contributed by atoms with Gasteiger partial charge in [-0.25, -0.2) is 9.67 Å². The van der Waals surface area contributed by atoms with E-state index in [4.69, 9.17) is 4.74 Å². The lowest BCUT2D eigenvalue weighted by Crippen LogP contribution is -2.48. The Morgan fingerprint density at radius 3 is 2.55 bits per heavy atom. The standard InChI is InChI=1S/C24H29N5O2/c1-18(2)16-28-13-14-31-21(17-28)15-25-24(30)22-26-23(19-9-5-3-6-10-19)29(27-22)20-11-7-4-8-12-20/h3-12,18,21H,13-17H2,1-2H3,(H,25,30). The van der Waals surface area contributed by atoms with E-state index in [1.165, 1.54) is 0 Å². The molecule has 1 aliphatic rings. The predicted molar refractivity (Wildman–Crippen MR) is 120 cm³/mol. The van der Waals surface area contributed by atoms with Gasteiger partial charge in [0.15, 0.2) is 5.82 Å². The molecule has 1 atom stereocenters. The second-order valence-corrected chi connectivity index (χ2v) is 8.23. The maximum atomic E-state index is 12.9. The number of ether oxygens (including phenoxy) is 1. The molecule has 1 aromatic heterocycles. The molecule has 0 bridgehead atoms. The number of morpholine rings is 1. The summed E-state index contributed by atoms with van der Waals surface area (Å²) in [5.74, 6) is 1.10. The summed E-state index contributed by atoms with van der Waals surface area (Å²) in [7, 11) is 0. The third kappa shape index (κ3) is 5.37. The smallest absolute Gasteiger partial charge is 0.291 e. The summed E-state index contributed by atoms with van der Waals surface area (Å²) >= 11 is 0. The van der Waals surface area contributed by atoms with E-state index >= 15 is 0 Å². The van der Waals surface area contributed by atoms with Crippen molar-refractivity contribution in [1.29, 1.82) is 0 Å². The Morgan fingerprint density at radius 2 is 1.84 bits per heavy atom. The third-order valence-corrected chi connectivity index (χ3v) is 5.18. The summed E-state index contributed by atoms with van der Waals surface area (Å²) in [5, 5.41) is 7.47. The van der Waals surface area contributed by atoms with Crippen LogP contribution in [0.4, 0.5) is 0 Å². The minimum absolute atomic E-state index is 0.0266. The summed E-state index contributed by atoms with van der Waals surface area (Å²) in [6.45, 7) is 8.35. The van der Waals surface area contributed by atoms with Crippen LogP contribution in [0.2, 0.25) is 0 Å². The van der Waals surface area contributed by atoms with Gasteiger partial charge in [0, 0.05) is 31.7 Å². The van der Waals surface area contributed by atoms with Gasteiger partial charge >= 0.3 is 0 Å². The number of aromatic nitrogens is 3. The number of nitrogens with zero attached hydrogens (tertiary/aromatic N) is 4. The highest BCUT2D eigenvalue weighted by molar-refractivity contribution is 5.91. The largest absolute Gasteiger partial charge is 0.374 e. The highest BCUT2D eigenvalue weighted by Gasteiger charge is 2.23. The van der Waals surface area contributed by atoms with Crippen molar-refractivity contribution in [2.24, 2.45) is 5.92 Å². The highest BCUT2D eigenvalue weighted by atomic mass is 16.5. The molecule has 1 N–H and O–H groups in total. The molecule has 7 heteroatoms. The van der Waals surface area contributed by atoms with Gasteiger partial charge in [-0.2, -0.15) is 0 Å². The van der Waals surface area contributed by atoms with Gasteiger partial charge in [-0.3, -0.25) is 9.69 Å². The SMILES string of the molecule is CC(C)CN1CCOC(CNC(=O)c2nc(-c3ccccc3)n(-c3ccccc3)n2)C1. The van der Waals surface area contributed by atoms with Crippen LogP contribution >= 0.6 is 0 Å². The predicted octanol–water partition coefficient (Wildman–Crippen LogP) is 3.02. The van der Waals surface area contributed by atoms with Gasteiger partial charge in [0.05, 0.1) is 18.4 Å². The van der Waals surface area contributed by atoms with Crippen LogP contribution in [0.1, 0.15) is 24.5 Å². The topological polar surface area (TPSA) is 72.3 Å². The molecule has 0 spiro atoms. The normalized spacial score (nSPS) is 17.1. The van der Waals surface area contributed by atoms with Crippen LogP contribution in [0.25, 0.3) is 17.1 Å². The first kappa shape index (κ1) is 21.2. The maximum absolute atomic E-state index is 12.9. The zero-order valence-corrected chi connectivity index (χ0v) is 18.1. The van der Waals surface area contributed by atoms with Crippen molar-refractivity contribution >= 4 is 5.91 Å². The van der Waals surface area contributed by atoms with Crippen molar-refractivity contribution in [2.45, 2.75) is 20.0 Å². The summed E-state index contributed by atoms with van der Waals surface area (Å²) in [6.07, 6.45) is -0.0266. The van der Waals surface area contributed by atoms with Crippen LogP contribution < -0.4 is 5.32 Å². The van der Waals surface area contributed by atoms with Gasteiger partial charge in [0.1, 0.15) is 0 Å². The first-order chi connectivity index (χ1) is 15.1. The molecule has 0 aliphatic carbocycles. The maximum Gasteiger partial charge on any atom is 0.291 e. The molecule has 1 aliphatic heterocycles. The lowest BCUT2D eigenvalue weighted by atomic mass is 10.2. The van der Waals surface area contributed by atoms with Gasteiger partial charge < -0.3 is 10.1 Å². The fraction of sp³-hybridized carbons (Fsp3) is 0.375. The van der Waals surface area contributed by atoms with Crippen LogP contribution in [0.3, 0.4) is 0 Å². The quantitative estimate of drug-likeness (QED) is 0.637. The van der Waals surface area contributed by atoms with Crippen molar-refractivity contribution in [1.82, 2.24) is 25.0 Å². The van der Waals surface area contributed by atoms with Gasteiger partial charge in [-0.05, 0) is 18.1 Å². The lowest BCUT2D eigenvalue weighted by molar-refractivity contribution is -0.0296. The molecule has 3 aromatic rings. The number of carbonyl (C=O) groups is 1. The van der Waals surface area contributed by atoms with Crippen molar-refractivity contribution in [2.75, 3.05) is 32.8 Å². The van der Waals surface area contributed by atoms with E-state index in [0.717, 1.165) is 30.9 Å². The fourth-order valence-electron chi connectivity index (χ4n) is 3.80. The molecule has 1 amide bonds. The second kappa shape index (κ2) is 9.85. The van der Waals surface area contributed by atoms with Gasteiger partial charge in [-0.1, -0.05) is 62.4 Å².